The van der Waals surface area contributed by atoms with Crippen LogP contribution < -0.4 is 4.74 Å². The van der Waals surface area contributed by atoms with Crippen molar-refractivity contribution in [1.29, 1.82) is 0 Å². The number of benzene rings is 1. The molecular formula is C16H17NO2. The summed E-state index contributed by atoms with van der Waals surface area (Å²) in [6.45, 7) is 0.582. The van der Waals surface area contributed by atoms with Crippen LogP contribution in [0.3, 0.4) is 0 Å². The monoisotopic (exact) mass is 255 g/mol. The zero-order valence-corrected chi connectivity index (χ0v) is 10.7. The number of para-hydroxylation sites is 1. The van der Waals surface area contributed by atoms with Gasteiger partial charge in [-0.1, -0.05) is 24.3 Å². The SMILES string of the molecule is OC(Cc1cccnc1)C1COc2ccccc2C1. The number of pyridine rings is 1. The summed E-state index contributed by atoms with van der Waals surface area (Å²) in [7, 11) is 0. The highest BCUT2D eigenvalue weighted by Crippen LogP contribution is 2.29. The Hall–Kier alpha value is -1.87. The van der Waals surface area contributed by atoms with Gasteiger partial charge < -0.3 is 9.84 Å². The van der Waals surface area contributed by atoms with E-state index in [1.807, 2.05) is 30.3 Å². The van der Waals surface area contributed by atoms with Gasteiger partial charge in [0, 0.05) is 24.7 Å². The van der Waals surface area contributed by atoms with Crippen molar-refractivity contribution >= 4 is 0 Å². The molecule has 98 valence electrons. The van der Waals surface area contributed by atoms with Crippen molar-refractivity contribution in [3.63, 3.8) is 0 Å². The molecule has 0 bridgehead atoms. The summed E-state index contributed by atoms with van der Waals surface area (Å²) >= 11 is 0. The summed E-state index contributed by atoms with van der Waals surface area (Å²) in [4.78, 5) is 4.08. The highest BCUT2D eigenvalue weighted by molar-refractivity contribution is 5.35. The topological polar surface area (TPSA) is 42.4 Å². The van der Waals surface area contributed by atoms with Gasteiger partial charge in [0.05, 0.1) is 12.7 Å². The van der Waals surface area contributed by atoms with Gasteiger partial charge in [-0.15, -0.1) is 0 Å². The summed E-state index contributed by atoms with van der Waals surface area (Å²) in [5.41, 5.74) is 2.25. The quantitative estimate of drug-likeness (QED) is 0.914. The van der Waals surface area contributed by atoms with Crippen molar-refractivity contribution in [2.45, 2.75) is 18.9 Å². The van der Waals surface area contributed by atoms with Crippen molar-refractivity contribution in [1.82, 2.24) is 4.98 Å². The summed E-state index contributed by atoms with van der Waals surface area (Å²) in [6, 6.07) is 11.9. The number of aliphatic hydroxyl groups excluding tert-OH is 1. The molecule has 1 aromatic carbocycles. The van der Waals surface area contributed by atoms with Gasteiger partial charge in [0.2, 0.25) is 0 Å². The van der Waals surface area contributed by atoms with Gasteiger partial charge in [-0.05, 0) is 29.7 Å². The van der Waals surface area contributed by atoms with E-state index in [1.165, 1.54) is 5.56 Å². The maximum absolute atomic E-state index is 10.3. The van der Waals surface area contributed by atoms with E-state index in [2.05, 4.69) is 11.1 Å². The maximum Gasteiger partial charge on any atom is 0.122 e. The van der Waals surface area contributed by atoms with E-state index in [0.29, 0.717) is 13.0 Å². The molecule has 0 amide bonds. The fourth-order valence-corrected chi connectivity index (χ4v) is 2.53. The zero-order valence-electron chi connectivity index (χ0n) is 10.7. The first-order valence-corrected chi connectivity index (χ1v) is 6.60. The number of ether oxygens (including phenoxy) is 1. The molecule has 0 fully saturated rings. The van der Waals surface area contributed by atoms with Gasteiger partial charge in [-0.25, -0.2) is 0 Å². The molecule has 0 saturated heterocycles. The van der Waals surface area contributed by atoms with E-state index in [4.69, 9.17) is 4.74 Å². The van der Waals surface area contributed by atoms with Crippen molar-refractivity contribution in [3.8, 4) is 5.75 Å². The third kappa shape index (κ3) is 2.76. The van der Waals surface area contributed by atoms with Crippen LogP contribution in [0.1, 0.15) is 11.1 Å². The van der Waals surface area contributed by atoms with E-state index >= 15 is 0 Å². The second kappa shape index (κ2) is 5.41. The maximum atomic E-state index is 10.3. The van der Waals surface area contributed by atoms with Crippen molar-refractivity contribution in [2.24, 2.45) is 5.92 Å². The van der Waals surface area contributed by atoms with E-state index in [-0.39, 0.29) is 5.92 Å². The summed E-state index contributed by atoms with van der Waals surface area (Å²) in [5, 5.41) is 10.3. The van der Waals surface area contributed by atoms with Crippen LogP contribution in [0.5, 0.6) is 5.75 Å². The van der Waals surface area contributed by atoms with Crippen LogP contribution in [-0.2, 0) is 12.8 Å². The van der Waals surface area contributed by atoms with Crippen LogP contribution in [0.4, 0.5) is 0 Å². The Bertz CT molecular complexity index is 541. The molecule has 0 aliphatic carbocycles. The minimum absolute atomic E-state index is 0.148. The third-order valence-electron chi connectivity index (χ3n) is 3.62. The number of fused-ring (bicyclic) bond motifs is 1. The second-order valence-corrected chi connectivity index (χ2v) is 5.02. The molecule has 1 aliphatic heterocycles. The average Bonchev–Trinajstić information content (AvgIpc) is 2.48. The van der Waals surface area contributed by atoms with Crippen LogP contribution in [0.2, 0.25) is 0 Å². The normalized spacial score (nSPS) is 19.3. The molecule has 3 nitrogen and oxygen atoms in total. The smallest absolute Gasteiger partial charge is 0.122 e. The predicted octanol–water partition coefficient (Wildman–Crippen LogP) is 2.24. The minimum atomic E-state index is -0.391. The van der Waals surface area contributed by atoms with Crippen LogP contribution in [-0.4, -0.2) is 22.8 Å². The van der Waals surface area contributed by atoms with Gasteiger partial charge >= 0.3 is 0 Å². The van der Waals surface area contributed by atoms with Crippen molar-refractivity contribution < 1.29 is 9.84 Å². The molecule has 3 rings (SSSR count). The lowest BCUT2D eigenvalue weighted by Crippen LogP contribution is -2.33. The number of hydrogen-bond acceptors (Lipinski definition) is 3. The van der Waals surface area contributed by atoms with Crippen molar-refractivity contribution in [2.75, 3.05) is 6.61 Å². The molecule has 0 saturated carbocycles. The van der Waals surface area contributed by atoms with Gasteiger partial charge in [0.1, 0.15) is 5.75 Å². The first-order valence-electron chi connectivity index (χ1n) is 6.60. The first kappa shape index (κ1) is 12.2. The fraction of sp³-hybridized carbons (Fsp3) is 0.312. The van der Waals surface area contributed by atoms with E-state index in [0.717, 1.165) is 17.7 Å². The molecule has 1 aromatic heterocycles. The summed E-state index contributed by atoms with van der Waals surface area (Å²) in [5.74, 6) is 1.10. The lowest BCUT2D eigenvalue weighted by atomic mass is 9.89. The largest absolute Gasteiger partial charge is 0.493 e. The molecule has 2 heterocycles. The molecule has 0 radical (unpaired) electrons. The standard InChI is InChI=1S/C16H17NO2/c18-15(8-12-4-3-7-17-10-12)14-9-13-5-1-2-6-16(13)19-11-14/h1-7,10,14-15,18H,8-9,11H2. The fourth-order valence-electron chi connectivity index (χ4n) is 2.53. The van der Waals surface area contributed by atoms with Crippen LogP contribution in [0.15, 0.2) is 48.8 Å². The first-order chi connectivity index (χ1) is 9.33. The van der Waals surface area contributed by atoms with Crippen LogP contribution >= 0.6 is 0 Å². The Kier molecular flexibility index (Phi) is 3.47. The Morgan fingerprint density at radius 2 is 2.16 bits per heavy atom. The third-order valence-corrected chi connectivity index (χ3v) is 3.62. The average molecular weight is 255 g/mol. The molecule has 2 atom stereocenters. The Morgan fingerprint density at radius 3 is 3.00 bits per heavy atom. The molecule has 3 heteroatoms. The van der Waals surface area contributed by atoms with E-state index < -0.39 is 6.10 Å². The highest BCUT2D eigenvalue weighted by atomic mass is 16.5. The Balaban J connectivity index is 1.68. The lowest BCUT2D eigenvalue weighted by Gasteiger charge is -2.28. The number of aliphatic hydroxyl groups is 1. The van der Waals surface area contributed by atoms with E-state index in [1.54, 1.807) is 12.4 Å². The van der Waals surface area contributed by atoms with Crippen LogP contribution in [0, 0.1) is 5.92 Å². The Morgan fingerprint density at radius 1 is 1.26 bits per heavy atom. The van der Waals surface area contributed by atoms with Crippen LogP contribution in [0.25, 0.3) is 0 Å². The molecule has 0 spiro atoms. The molecule has 1 aliphatic rings. The number of nitrogens with zero attached hydrogens (tertiary/aromatic N) is 1. The minimum Gasteiger partial charge on any atom is -0.493 e. The summed E-state index contributed by atoms with van der Waals surface area (Å²) in [6.07, 6.45) is 4.66. The molecule has 2 aromatic rings. The van der Waals surface area contributed by atoms with Crippen molar-refractivity contribution in [3.05, 3.63) is 59.9 Å². The highest BCUT2D eigenvalue weighted by Gasteiger charge is 2.26. The Labute approximate surface area is 112 Å². The zero-order chi connectivity index (χ0) is 13.1. The van der Waals surface area contributed by atoms with Gasteiger partial charge in [-0.3, -0.25) is 4.98 Å². The number of aromatic nitrogens is 1. The second-order valence-electron chi connectivity index (χ2n) is 5.02. The molecular weight excluding hydrogens is 238 g/mol. The molecule has 1 N–H and O–H groups in total. The predicted molar refractivity (Wildman–Crippen MR) is 73.1 cm³/mol. The number of hydrogen-bond donors (Lipinski definition) is 1. The summed E-state index contributed by atoms with van der Waals surface area (Å²) < 4.78 is 5.72. The number of rotatable bonds is 3. The van der Waals surface area contributed by atoms with Gasteiger partial charge in [-0.2, -0.15) is 0 Å². The van der Waals surface area contributed by atoms with Gasteiger partial charge in [0.15, 0.2) is 0 Å². The van der Waals surface area contributed by atoms with E-state index in [9.17, 15) is 5.11 Å². The lowest BCUT2D eigenvalue weighted by molar-refractivity contribution is 0.0652. The molecule has 2 unspecified atom stereocenters. The molecule has 19 heavy (non-hydrogen) atoms. The van der Waals surface area contributed by atoms with Gasteiger partial charge in [0.25, 0.3) is 0 Å².